The molecule has 1 aliphatic heterocycles. The van der Waals surface area contributed by atoms with Crippen LogP contribution in [0.5, 0.6) is 0 Å². The van der Waals surface area contributed by atoms with Gasteiger partial charge in [-0.3, -0.25) is 0 Å². The monoisotopic (exact) mass is 179 g/mol. The number of ether oxygens (including phenoxy) is 1. The van der Waals surface area contributed by atoms with Crippen molar-refractivity contribution in [2.45, 2.75) is 37.5 Å². The number of aliphatic hydroxyl groups is 2. The van der Waals surface area contributed by atoms with Crippen molar-refractivity contribution in [2.75, 3.05) is 6.54 Å². The SMILES string of the molecule is C[C@H]1O[C@H](CN)[C@@H](O)[C@H](F)[C@H]1O. The minimum atomic E-state index is -1.66. The van der Waals surface area contributed by atoms with E-state index in [1.807, 2.05) is 0 Å². The molecule has 1 aliphatic rings. The maximum absolute atomic E-state index is 13.0. The van der Waals surface area contributed by atoms with Gasteiger partial charge in [-0.2, -0.15) is 0 Å². The Labute approximate surface area is 70.1 Å². The van der Waals surface area contributed by atoms with Gasteiger partial charge in [-0.05, 0) is 6.92 Å². The summed E-state index contributed by atoms with van der Waals surface area (Å²) >= 11 is 0. The number of aliphatic hydroxyl groups excluding tert-OH is 2. The lowest BCUT2D eigenvalue weighted by Gasteiger charge is -2.37. The van der Waals surface area contributed by atoms with Crippen molar-refractivity contribution in [2.24, 2.45) is 5.73 Å². The summed E-state index contributed by atoms with van der Waals surface area (Å²) in [7, 11) is 0. The lowest BCUT2D eigenvalue weighted by Crippen LogP contribution is -2.56. The van der Waals surface area contributed by atoms with Crippen molar-refractivity contribution >= 4 is 0 Å². The molecule has 1 heterocycles. The zero-order valence-electron chi connectivity index (χ0n) is 6.85. The van der Waals surface area contributed by atoms with Gasteiger partial charge >= 0.3 is 0 Å². The average Bonchev–Trinajstić information content (AvgIpc) is 2.08. The molecule has 4 nitrogen and oxygen atoms in total. The van der Waals surface area contributed by atoms with Crippen LogP contribution in [0.2, 0.25) is 0 Å². The molecule has 0 unspecified atom stereocenters. The first-order valence-corrected chi connectivity index (χ1v) is 3.93. The van der Waals surface area contributed by atoms with E-state index in [0.717, 1.165) is 0 Å². The van der Waals surface area contributed by atoms with Gasteiger partial charge in [0, 0.05) is 6.54 Å². The van der Waals surface area contributed by atoms with E-state index in [1.54, 1.807) is 6.92 Å². The third-order valence-electron chi connectivity index (χ3n) is 2.14. The van der Waals surface area contributed by atoms with Gasteiger partial charge in [0.1, 0.15) is 12.2 Å². The van der Waals surface area contributed by atoms with Crippen LogP contribution >= 0.6 is 0 Å². The lowest BCUT2D eigenvalue weighted by molar-refractivity contribution is -0.194. The van der Waals surface area contributed by atoms with E-state index >= 15 is 0 Å². The van der Waals surface area contributed by atoms with E-state index < -0.39 is 30.6 Å². The fourth-order valence-corrected chi connectivity index (χ4v) is 1.30. The predicted octanol–water partition coefficient (Wildman–Crippen LogP) is -1.21. The highest BCUT2D eigenvalue weighted by Gasteiger charge is 2.42. The Morgan fingerprint density at radius 2 is 2.00 bits per heavy atom. The molecule has 4 N–H and O–H groups in total. The van der Waals surface area contributed by atoms with Crippen molar-refractivity contribution in [1.29, 1.82) is 0 Å². The Kier molecular flexibility index (Phi) is 3.00. The van der Waals surface area contributed by atoms with Gasteiger partial charge < -0.3 is 20.7 Å². The topological polar surface area (TPSA) is 75.7 Å². The molecule has 1 rings (SSSR count). The van der Waals surface area contributed by atoms with Crippen LogP contribution in [-0.2, 0) is 4.74 Å². The Morgan fingerprint density at radius 1 is 1.42 bits per heavy atom. The summed E-state index contributed by atoms with van der Waals surface area (Å²) in [5.41, 5.74) is 5.23. The highest BCUT2D eigenvalue weighted by molar-refractivity contribution is 4.90. The van der Waals surface area contributed by atoms with Crippen molar-refractivity contribution in [1.82, 2.24) is 0 Å². The second-order valence-corrected chi connectivity index (χ2v) is 3.04. The number of alkyl halides is 1. The molecule has 0 spiro atoms. The average molecular weight is 179 g/mol. The fraction of sp³-hybridized carbons (Fsp3) is 1.00. The van der Waals surface area contributed by atoms with Crippen molar-refractivity contribution in [3.63, 3.8) is 0 Å². The van der Waals surface area contributed by atoms with Crippen LogP contribution in [0.3, 0.4) is 0 Å². The maximum Gasteiger partial charge on any atom is 0.157 e. The van der Waals surface area contributed by atoms with Gasteiger partial charge in [-0.15, -0.1) is 0 Å². The fourth-order valence-electron chi connectivity index (χ4n) is 1.30. The Bertz CT molecular complexity index is 153. The smallest absolute Gasteiger partial charge is 0.157 e. The van der Waals surface area contributed by atoms with Gasteiger partial charge in [0.15, 0.2) is 6.17 Å². The van der Waals surface area contributed by atoms with Crippen molar-refractivity contribution < 1.29 is 19.3 Å². The summed E-state index contributed by atoms with van der Waals surface area (Å²) < 4.78 is 18.1. The molecule has 0 aromatic heterocycles. The van der Waals surface area contributed by atoms with E-state index in [-0.39, 0.29) is 6.54 Å². The predicted molar refractivity (Wildman–Crippen MR) is 40.3 cm³/mol. The Balaban J connectivity index is 2.63. The van der Waals surface area contributed by atoms with Crippen LogP contribution in [0, 0.1) is 0 Å². The summed E-state index contributed by atoms with van der Waals surface area (Å²) in [5, 5.41) is 18.3. The number of hydrogen-bond donors (Lipinski definition) is 3. The molecule has 0 radical (unpaired) electrons. The minimum Gasteiger partial charge on any atom is -0.387 e. The largest absolute Gasteiger partial charge is 0.387 e. The quantitative estimate of drug-likeness (QED) is 0.472. The van der Waals surface area contributed by atoms with Gasteiger partial charge in [-0.25, -0.2) is 4.39 Å². The van der Waals surface area contributed by atoms with Gasteiger partial charge in [0.05, 0.1) is 12.2 Å². The van der Waals surface area contributed by atoms with Gasteiger partial charge in [-0.1, -0.05) is 0 Å². The first-order chi connectivity index (χ1) is 5.57. The van der Waals surface area contributed by atoms with Crippen LogP contribution in [0.4, 0.5) is 4.39 Å². The number of hydrogen-bond acceptors (Lipinski definition) is 4. The van der Waals surface area contributed by atoms with Gasteiger partial charge in [0.2, 0.25) is 0 Å². The van der Waals surface area contributed by atoms with E-state index in [9.17, 15) is 9.50 Å². The standard InChI is InChI=1S/C7H14FNO3/c1-3-6(10)5(8)7(11)4(2-9)12-3/h3-7,10-11H,2,9H2,1H3/t3-,4-,5-,6+,7-/m1/s1. The van der Waals surface area contributed by atoms with Crippen LogP contribution in [0.25, 0.3) is 0 Å². The lowest BCUT2D eigenvalue weighted by atomic mass is 9.97. The molecule has 0 amide bonds. The molecule has 5 atom stereocenters. The zero-order chi connectivity index (χ0) is 9.30. The van der Waals surface area contributed by atoms with Crippen LogP contribution in [-0.4, -0.2) is 47.3 Å². The highest BCUT2D eigenvalue weighted by Crippen LogP contribution is 2.22. The highest BCUT2D eigenvalue weighted by atomic mass is 19.1. The van der Waals surface area contributed by atoms with E-state index in [4.69, 9.17) is 15.6 Å². The maximum atomic E-state index is 13.0. The second kappa shape index (κ2) is 3.66. The normalized spacial score (nSPS) is 49.2. The van der Waals surface area contributed by atoms with E-state index in [0.29, 0.717) is 0 Å². The Hall–Kier alpha value is -0.230. The summed E-state index contributed by atoms with van der Waals surface area (Å²) in [5.74, 6) is 0. The summed E-state index contributed by atoms with van der Waals surface area (Å²) in [6.45, 7) is 1.60. The van der Waals surface area contributed by atoms with Crippen molar-refractivity contribution in [3.8, 4) is 0 Å². The summed E-state index contributed by atoms with van der Waals surface area (Å²) in [6.07, 6.45) is -5.57. The van der Waals surface area contributed by atoms with Crippen molar-refractivity contribution in [3.05, 3.63) is 0 Å². The summed E-state index contributed by atoms with van der Waals surface area (Å²) in [4.78, 5) is 0. The Morgan fingerprint density at radius 3 is 2.50 bits per heavy atom. The molecule has 0 aromatic carbocycles. The zero-order valence-corrected chi connectivity index (χ0v) is 6.85. The molecule has 0 bridgehead atoms. The molecule has 0 saturated carbocycles. The number of halogens is 1. The van der Waals surface area contributed by atoms with Crippen LogP contribution in [0.1, 0.15) is 6.92 Å². The van der Waals surface area contributed by atoms with E-state index in [1.165, 1.54) is 0 Å². The molecule has 1 fully saturated rings. The van der Waals surface area contributed by atoms with Crippen LogP contribution < -0.4 is 5.73 Å². The molecule has 1 saturated heterocycles. The molecule has 12 heavy (non-hydrogen) atoms. The molecular formula is C7H14FNO3. The first kappa shape index (κ1) is 9.85. The second-order valence-electron chi connectivity index (χ2n) is 3.04. The molecule has 0 aromatic rings. The van der Waals surface area contributed by atoms with E-state index in [2.05, 4.69) is 0 Å². The molecular weight excluding hydrogens is 165 g/mol. The summed E-state index contributed by atoms with van der Waals surface area (Å²) in [6, 6.07) is 0. The van der Waals surface area contributed by atoms with Crippen LogP contribution in [0.15, 0.2) is 0 Å². The third kappa shape index (κ3) is 1.59. The molecule has 5 heteroatoms. The molecule has 0 aliphatic carbocycles. The number of rotatable bonds is 1. The minimum absolute atomic E-state index is 0.0542. The first-order valence-electron chi connectivity index (χ1n) is 3.93. The van der Waals surface area contributed by atoms with Gasteiger partial charge in [0.25, 0.3) is 0 Å². The third-order valence-corrected chi connectivity index (χ3v) is 2.14. The molecule has 72 valence electrons. The number of nitrogens with two attached hydrogens (primary N) is 1.